The number of nitrogens with one attached hydrogen (secondary N) is 1. The minimum atomic E-state index is -3.66. The fraction of sp³-hybridized carbons (Fsp3) is 0.0833. The molecule has 0 aliphatic heterocycles. The Hall–Kier alpha value is -2.02. The summed E-state index contributed by atoms with van der Waals surface area (Å²) < 4.78 is 50.1. The molecule has 0 saturated heterocycles. The zero-order chi connectivity index (χ0) is 13.9. The highest BCUT2D eigenvalue weighted by molar-refractivity contribution is 7.91. The van der Waals surface area contributed by atoms with E-state index < -0.39 is 27.2 Å². The number of halogens is 2. The summed E-state index contributed by atoms with van der Waals surface area (Å²) in [7, 11) is -3.66. The number of benzene rings is 1. The molecule has 0 atom stereocenters. The van der Waals surface area contributed by atoms with E-state index in [4.69, 9.17) is 0 Å². The third-order valence-electron chi connectivity index (χ3n) is 2.39. The van der Waals surface area contributed by atoms with Crippen molar-refractivity contribution in [2.45, 2.75) is 5.03 Å². The Labute approximate surface area is 108 Å². The average Bonchev–Trinajstić information content (AvgIpc) is 2.90. The molecule has 0 radical (unpaired) electrons. The van der Waals surface area contributed by atoms with Gasteiger partial charge in [0.1, 0.15) is 11.6 Å². The van der Waals surface area contributed by atoms with Crippen molar-refractivity contribution in [1.82, 2.24) is 10.2 Å². The molecule has 0 aliphatic carbocycles. The molecule has 2 aromatic rings. The monoisotopic (exact) mass is 284 g/mol. The Bertz CT molecular complexity index is 694. The number of hydrogen-bond donors (Lipinski definition) is 1. The van der Waals surface area contributed by atoms with Gasteiger partial charge in [-0.15, -0.1) is 0 Å². The Balaban J connectivity index is 2.19. The van der Waals surface area contributed by atoms with Crippen LogP contribution in [-0.2, 0) is 9.84 Å². The average molecular weight is 284 g/mol. The fourth-order valence-electron chi connectivity index (χ4n) is 1.44. The van der Waals surface area contributed by atoms with Crippen LogP contribution in [0.3, 0.4) is 0 Å². The van der Waals surface area contributed by atoms with Gasteiger partial charge >= 0.3 is 0 Å². The lowest BCUT2D eigenvalue weighted by Gasteiger charge is -1.99. The molecular weight excluding hydrogens is 274 g/mol. The van der Waals surface area contributed by atoms with Crippen LogP contribution >= 0.6 is 0 Å². The van der Waals surface area contributed by atoms with Crippen LogP contribution in [0.2, 0.25) is 0 Å². The first-order valence-electron chi connectivity index (χ1n) is 5.33. The standard InChI is InChI=1S/C12H10F2N2O2S/c13-10-3-1-2-9(8-10)11(14)5-7-19(17,18)12-4-6-15-16-12/h1-6,8H,7H2,(H,15,16). The summed E-state index contributed by atoms with van der Waals surface area (Å²) >= 11 is 0. The second kappa shape index (κ2) is 5.31. The van der Waals surface area contributed by atoms with Crippen molar-refractivity contribution in [3.63, 3.8) is 0 Å². The first kappa shape index (κ1) is 13.4. The lowest BCUT2D eigenvalue weighted by Crippen LogP contribution is -2.05. The highest BCUT2D eigenvalue weighted by Crippen LogP contribution is 2.18. The van der Waals surface area contributed by atoms with E-state index in [0.29, 0.717) is 0 Å². The molecule has 0 fully saturated rings. The summed E-state index contributed by atoms with van der Waals surface area (Å²) in [5, 5.41) is 5.73. The smallest absolute Gasteiger partial charge is 0.198 e. The highest BCUT2D eigenvalue weighted by Gasteiger charge is 2.15. The SMILES string of the molecule is O=S(=O)(CC=C(F)c1cccc(F)c1)c1ccn[nH]1. The molecule has 0 amide bonds. The molecule has 7 heteroatoms. The lowest BCUT2D eigenvalue weighted by atomic mass is 10.2. The number of rotatable bonds is 4. The van der Waals surface area contributed by atoms with Crippen molar-refractivity contribution in [2.24, 2.45) is 0 Å². The van der Waals surface area contributed by atoms with Gasteiger partial charge in [0, 0.05) is 5.56 Å². The van der Waals surface area contributed by atoms with Crippen molar-refractivity contribution in [3.8, 4) is 0 Å². The van der Waals surface area contributed by atoms with E-state index in [2.05, 4.69) is 10.2 Å². The van der Waals surface area contributed by atoms with Crippen LogP contribution in [0.5, 0.6) is 0 Å². The normalized spacial score (nSPS) is 12.6. The maximum Gasteiger partial charge on any atom is 0.198 e. The summed E-state index contributed by atoms with van der Waals surface area (Å²) in [5.74, 6) is -1.91. The van der Waals surface area contributed by atoms with Crippen LogP contribution < -0.4 is 0 Å². The van der Waals surface area contributed by atoms with Gasteiger partial charge in [0.2, 0.25) is 0 Å². The molecule has 0 unspecified atom stereocenters. The Morgan fingerprint density at radius 1 is 1.37 bits per heavy atom. The molecule has 4 nitrogen and oxygen atoms in total. The van der Waals surface area contributed by atoms with Gasteiger partial charge in [-0.2, -0.15) is 5.10 Å². The Morgan fingerprint density at radius 2 is 2.16 bits per heavy atom. The van der Waals surface area contributed by atoms with Crippen LogP contribution in [0.25, 0.3) is 5.83 Å². The van der Waals surface area contributed by atoms with Gasteiger partial charge < -0.3 is 0 Å². The first-order valence-corrected chi connectivity index (χ1v) is 6.98. The van der Waals surface area contributed by atoms with Crippen LogP contribution in [0.15, 0.2) is 47.6 Å². The zero-order valence-corrected chi connectivity index (χ0v) is 10.5. The van der Waals surface area contributed by atoms with Crippen molar-refractivity contribution >= 4 is 15.7 Å². The summed E-state index contributed by atoms with van der Waals surface area (Å²) in [6.45, 7) is 0. The van der Waals surface area contributed by atoms with E-state index in [1.54, 1.807) is 0 Å². The molecule has 1 aromatic carbocycles. The first-order chi connectivity index (χ1) is 8.99. The van der Waals surface area contributed by atoms with Gasteiger partial charge in [-0.05, 0) is 24.3 Å². The van der Waals surface area contributed by atoms with Crippen LogP contribution in [0.1, 0.15) is 5.56 Å². The number of sulfone groups is 1. The number of hydrogen-bond acceptors (Lipinski definition) is 3. The molecule has 1 heterocycles. The molecule has 2 rings (SSSR count). The van der Waals surface area contributed by atoms with E-state index in [-0.39, 0.29) is 10.6 Å². The Kier molecular flexibility index (Phi) is 3.75. The van der Waals surface area contributed by atoms with Crippen molar-refractivity contribution in [3.05, 3.63) is 54.0 Å². The summed E-state index contributed by atoms with van der Waals surface area (Å²) in [5.41, 5.74) is -0.000175. The topological polar surface area (TPSA) is 62.8 Å². The van der Waals surface area contributed by atoms with Crippen LogP contribution in [-0.4, -0.2) is 24.4 Å². The molecule has 0 bridgehead atoms. The van der Waals surface area contributed by atoms with Crippen molar-refractivity contribution < 1.29 is 17.2 Å². The molecular formula is C12H10F2N2O2S. The highest BCUT2D eigenvalue weighted by atomic mass is 32.2. The molecule has 0 aliphatic rings. The number of nitrogens with zero attached hydrogens (tertiary/aromatic N) is 1. The minimum Gasteiger partial charge on any atom is -0.267 e. The maximum atomic E-state index is 13.7. The van der Waals surface area contributed by atoms with E-state index >= 15 is 0 Å². The quantitative estimate of drug-likeness (QED) is 0.937. The lowest BCUT2D eigenvalue weighted by molar-refractivity contribution is 0.594. The third-order valence-corrected chi connectivity index (χ3v) is 3.90. The van der Waals surface area contributed by atoms with Gasteiger partial charge in [-0.25, -0.2) is 17.2 Å². The molecule has 0 saturated carbocycles. The largest absolute Gasteiger partial charge is 0.267 e. The van der Waals surface area contributed by atoms with Crippen molar-refractivity contribution in [2.75, 3.05) is 5.75 Å². The fourth-order valence-corrected chi connectivity index (χ4v) is 2.45. The van der Waals surface area contributed by atoms with Crippen LogP contribution in [0.4, 0.5) is 8.78 Å². The van der Waals surface area contributed by atoms with E-state index in [1.807, 2.05) is 0 Å². The van der Waals surface area contributed by atoms with Gasteiger partial charge in [0.25, 0.3) is 0 Å². The Morgan fingerprint density at radius 3 is 2.79 bits per heavy atom. The van der Waals surface area contributed by atoms with Crippen molar-refractivity contribution in [1.29, 1.82) is 0 Å². The molecule has 100 valence electrons. The van der Waals surface area contributed by atoms with Gasteiger partial charge in [-0.3, -0.25) is 5.10 Å². The molecule has 0 spiro atoms. The number of H-pyrrole nitrogens is 1. The van der Waals surface area contributed by atoms with Crippen LogP contribution in [0, 0.1) is 5.82 Å². The number of aromatic amines is 1. The van der Waals surface area contributed by atoms with Gasteiger partial charge in [-0.1, -0.05) is 12.1 Å². The molecule has 1 aromatic heterocycles. The van der Waals surface area contributed by atoms with E-state index in [9.17, 15) is 17.2 Å². The summed E-state index contributed by atoms with van der Waals surface area (Å²) in [6.07, 6.45) is 2.18. The second-order valence-corrected chi connectivity index (χ2v) is 5.77. The molecule has 1 N–H and O–H groups in total. The minimum absolute atomic E-state index is 0.000175. The van der Waals surface area contributed by atoms with Gasteiger partial charge in [0.15, 0.2) is 14.9 Å². The second-order valence-electron chi connectivity index (χ2n) is 3.76. The summed E-state index contributed by atoms with van der Waals surface area (Å²) in [4.78, 5) is 0. The van der Waals surface area contributed by atoms with E-state index in [1.165, 1.54) is 30.5 Å². The number of aromatic nitrogens is 2. The third kappa shape index (κ3) is 3.25. The predicted molar refractivity (Wildman–Crippen MR) is 66.1 cm³/mol. The predicted octanol–water partition coefficient (Wildman–Crippen LogP) is 2.33. The van der Waals surface area contributed by atoms with E-state index in [0.717, 1.165) is 12.1 Å². The zero-order valence-electron chi connectivity index (χ0n) is 9.68. The maximum absolute atomic E-state index is 13.7. The van der Waals surface area contributed by atoms with Gasteiger partial charge in [0.05, 0.1) is 11.9 Å². The molecule has 19 heavy (non-hydrogen) atoms. The summed E-state index contributed by atoms with van der Waals surface area (Å²) in [6, 6.07) is 6.16.